The van der Waals surface area contributed by atoms with Crippen LogP contribution in [-0.4, -0.2) is 0 Å². The lowest BCUT2D eigenvalue weighted by Gasteiger charge is -2.06. The molecule has 32 heavy (non-hydrogen) atoms. The van der Waals surface area contributed by atoms with Crippen LogP contribution in [0.3, 0.4) is 0 Å². The van der Waals surface area contributed by atoms with Crippen LogP contribution in [0, 0.1) is 41.7 Å². The Morgan fingerprint density at radius 1 is 0.219 bits per heavy atom. The monoisotopic (exact) mass is 404 g/mol. The standard InChI is InChI=1S/C32H20/c1-2-10-22-18-30-27-15-7-8-16-28(27)32-20-24-12-4-3-11-23(24)19-31(32)26-14-6-5-13-25(26)29(30)17-21(22)9-1/h1-20H/b29-25-,30-27-,31-26-,32-28-. The lowest BCUT2D eigenvalue weighted by molar-refractivity contribution is 1.30. The zero-order valence-corrected chi connectivity index (χ0v) is 17.5. The Morgan fingerprint density at radius 3 is 0.688 bits per heavy atom. The van der Waals surface area contributed by atoms with E-state index in [2.05, 4.69) is 121 Å². The van der Waals surface area contributed by atoms with Gasteiger partial charge in [-0.25, -0.2) is 0 Å². The summed E-state index contributed by atoms with van der Waals surface area (Å²) in [5, 5.41) is 15.5. The first-order valence-corrected chi connectivity index (χ1v) is 11.1. The van der Waals surface area contributed by atoms with E-state index < -0.39 is 0 Å². The number of rotatable bonds is 0. The molecule has 1 aliphatic carbocycles. The molecule has 0 saturated heterocycles. The van der Waals surface area contributed by atoms with E-state index in [4.69, 9.17) is 0 Å². The minimum atomic E-state index is 1.28. The number of hydrogen-bond acceptors (Lipinski definition) is 0. The van der Waals surface area contributed by atoms with Crippen molar-refractivity contribution in [1.29, 1.82) is 0 Å². The van der Waals surface area contributed by atoms with Gasteiger partial charge in [0.05, 0.1) is 0 Å². The van der Waals surface area contributed by atoms with Crippen LogP contribution >= 0.6 is 0 Å². The molecule has 0 heterocycles. The zero-order chi connectivity index (χ0) is 21.1. The summed E-state index contributed by atoms with van der Waals surface area (Å²) in [6.45, 7) is 0. The first-order chi connectivity index (χ1) is 15.9. The van der Waals surface area contributed by atoms with Gasteiger partial charge in [0.2, 0.25) is 0 Å². The van der Waals surface area contributed by atoms with Gasteiger partial charge in [-0.3, -0.25) is 0 Å². The van der Waals surface area contributed by atoms with Gasteiger partial charge in [0, 0.05) is 0 Å². The summed E-state index contributed by atoms with van der Waals surface area (Å²) < 4.78 is 0. The summed E-state index contributed by atoms with van der Waals surface area (Å²) in [7, 11) is 0. The zero-order valence-electron chi connectivity index (χ0n) is 17.5. The lowest BCUT2D eigenvalue weighted by atomic mass is 9.98. The summed E-state index contributed by atoms with van der Waals surface area (Å²) in [5.74, 6) is 0. The number of fused-ring (bicyclic) bond motifs is 6. The Labute approximate surface area is 184 Å². The fourth-order valence-electron chi connectivity index (χ4n) is 5.28. The first kappa shape index (κ1) is 17.5. The van der Waals surface area contributed by atoms with E-state index in [0.717, 1.165) is 0 Å². The van der Waals surface area contributed by atoms with Crippen LogP contribution in [0.15, 0.2) is 121 Å². The Kier molecular flexibility index (Phi) is 3.65. The van der Waals surface area contributed by atoms with E-state index in [1.54, 1.807) is 0 Å². The molecular weight excluding hydrogens is 384 g/mol. The maximum Gasteiger partial charge on any atom is -0.00926 e. The fraction of sp³-hybridized carbons (Fsp3) is 0. The van der Waals surface area contributed by atoms with Crippen molar-refractivity contribution in [3.05, 3.63) is 163 Å². The van der Waals surface area contributed by atoms with E-state index >= 15 is 0 Å². The molecule has 0 saturated carbocycles. The predicted octanol–water partition coefficient (Wildman–Crippen LogP) is 7.45. The van der Waals surface area contributed by atoms with Crippen molar-refractivity contribution in [2.24, 2.45) is 0 Å². The fourth-order valence-corrected chi connectivity index (χ4v) is 5.28. The van der Waals surface area contributed by atoms with Gasteiger partial charge in [-0.05, 0) is 87.6 Å². The first-order valence-electron chi connectivity index (χ1n) is 11.1. The maximum atomic E-state index is 2.37. The summed E-state index contributed by atoms with van der Waals surface area (Å²) >= 11 is 0. The van der Waals surface area contributed by atoms with Crippen molar-refractivity contribution < 1.29 is 0 Å². The molecular formula is C32H20. The Bertz CT molecular complexity index is 1780. The van der Waals surface area contributed by atoms with Gasteiger partial charge < -0.3 is 0 Å². The molecule has 6 aromatic carbocycles. The van der Waals surface area contributed by atoms with Crippen LogP contribution in [0.5, 0.6) is 0 Å². The van der Waals surface area contributed by atoms with Crippen molar-refractivity contribution >= 4 is 21.5 Å². The normalized spacial score (nSPS) is 16.2. The van der Waals surface area contributed by atoms with Crippen LogP contribution in [0.4, 0.5) is 0 Å². The molecule has 148 valence electrons. The number of hydrogen-bond donors (Lipinski definition) is 0. The highest BCUT2D eigenvalue weighted by molar-refractivity contribution is 5.83. The van der Waals surface area contributed by atoms with Crippen LogP contribution in [-0.2, 0) is 0 Å². The van der Waals surface area contributed by atoms with Crippen molar-refractivity contribution in [2.45, 2.75) is 0 Å². The Balaban J connectivity index is 2.01. The minimum absolute atomic E-state index is 1.28. The van der Waals surface area contributed by atoms with E-state index in [9.17, 15) is 0 Å². The SMILES string of the molecule is c1ccc2/c(c1)=c1/cc3ccccc3c/c1=c1\cccc\c1=c1/cc3ccccc3c/c1=2. The third kappa shape index (κ3) is 2.50. The molecule has 0 amide bonds. The van der Waals surface area contributed by atoms with Gasteiger partial charge in [0.15, 0.2) is 0 Å². The molecule has 0 spiro atoms. The number of benzene rings is 6. The van der Waals surface area contributed by atoms with Gasteiger partial charge in [-0.1, -0.05) is 97.1 Å². The van der Waals surface area contributed by atoms with Crippen molar-refractivity contribution in [3.8, 4) is 0 Å². The van der Waals surface area contributed by atoms with Gasteiger partial charge in [-0.2, -0.15) is 0 Å². The van der Waals surface area contributed by atoms with E-state index in [-0.39, 0.29) is 0 Å². The molecule has 0 aliphatic heterocycles. The summed E-state index contributed by atoms with van der Waals surface area (Å²) in [5.41, 5.74) is 0. The molecule has 0 aromatic heterocycles. The molecule has 0 fully saturated rings. The largest absolute Gasteiger partial charge is 0.0616 e. The maximum absolute atomic E-state index is 2.37. The summed E-state index contributed by atoms with van der Waals surface area (Å²) in [6.07, 6.45) is 0. The highest BCUT2D eigenvalue weighted by Crippen LogP contribution is 2.21. The second-order valence-electron chi connectivity index (χ2n) is 8.58. The van der Waals surface area contributed by atoms with Crippen LogP contribution in [0.25, 0.3) is 21.5 Å². The van der Waals surface area contributed by atoms with Crippen molar-refractivity contribution in [1.82, 2.24) is 0 Å². The lowest BCUT2D eigenvalue weighted by Crippen LogP contribution is -1.90. The van der Waals surface area contributed by atoms with Gasteiger partial charge >= 0.3 is 0 Å². The molecule has 0 nitrogen and oxygen atoms in total. The Morgan fingerprint density at radius 2 is 0.438 bits per heavy atom. The molecule has 0 radical (unpaired) electrons. The molecule has 0 bridgehead atoms. The highest BCUT2D eigenvalue weighted by atomic mass is 14.1. The Hall–Kier alpha value is -4.16. The van der Waals surface area contributed by atoms with Gasteiger partial charge in [0.25, 0.3) is 0 Å². The van der Waals surface area contributed by atoms with Crippen LogP contribution < -0.4 is 0 Å². The molecule has 0 atom stereocenters. The predicted molar refractivity (Wildman–Crippen MR) is 131 cm³/mol. The molecule has 0 heteroatoms. The second kappa shape index (κ2) is 6.67. The third-order valence-corrected chi connectivity index (χ3v) is 6.79. The highest BCUT2D eigenvalue weighted by Gasteiger charge is 2.03. The average Bonchev–Trinajstić information content (AvgIpc) is 2.86. The topological polar surface area (TPSA) is 0 Å². The molecule has 0 N–H and O–H groups in total. The van der Waals surface area contributed by atoms with Crippen LogP contribution in [0.2, 0.25) is 0 Å². The van der Waals surface area contributed by atoms with Crippen molar-refractivity contribution in [3.63, 3.8) is 0 Å². The third-order valence-electron chi connectivity index (χ3n) is 6.79. The molecule has 7 rings (SSSR count). The second-order valence-corrected chi connectivity index (χ2v) is 8.58. The smallest absolute Gasteiger partial charge is 0.00926 e. The minimum Gasteiger partial charge on any atom is -0.0616 e. The summed E-state index contributed by atoms with van der Waals surface area (Å²) in [6, 6.07) is 44.5. The van der Waals surface area contributed by atoms with Crippen LogP contribution in [0.1, 0.15) is 0 Å². The molecule has 1 aliphatic rings. The van der Waals surface area contributed by atoms with Gasteiger partial charge in [-0.15, -0.1) is 0 Å². The van der Waals surface area contributed by atoms with E-state index in [1.165, 1.54) is 63.3 Å². The van der Waals surface area contributed by atoms with E-state index in [1.807, 2.05) is 0 Å². The average molecular weight is 405 g/mol. The quantitative estimate of drug-likeness (QED) is 0.246. The van der Waals surface area contributed by atoms with Gasteiger partial charge in [0.1, 0.15) is 0 Å². The van der Waals surface area contributed by atoms with E-state index in [0.29, 0.717) is 0 Å². The summed E-state index contributed by atoms with van der Waals surface area (Å²) in [4.78, 5) is 0. The molecule has 6 aromatic rings. The van der Waals surface area contributed by atoms with Crippen molar-refractivity contribution in [2.75, 3.05) is 0 Å². The molecule has 0 unspecified atom stereocenters.